The normalized spacial score (nSPS) is 28.5. The van der Waals surface area contributed by atoms with E-state index in [1.54, 1.807) is 17.0 Å². The van der Waals surface area contributed by atoms with Crippen molar-refractivity contribution < 1.29 is 27.1 Å². The van der Waals surface area contributed by atoms with Crippen molar-refractivity contribution in [3.05, 3.63) is 24.0 Å². The molecule has 3 atom stereocenters. The summed E-state index contributed by atoms with van der Waals surface area (Å²) < 4.78 is 43.6. The summed E-state index contributed by atoms with van der Waals surface area (Å²) in [6.45, 7) is 2.08. The van der Waals surface area contributed by atoms with Crippen molar-refractivity contribution in [3.8, 4) is 0 Å². The van der Waals surface area contributed by atoms with E-state index in [1.807, 2.05) is 0 Å². The summed E-state index contributed by atoms with van der Waals surface area (Å²) in [7, 11) is -3.05. The molecule has 3 fully saturated rings. The molecule has 0 aliphatic carbocycles. The van der Waals surface area contributed by atoms with Crippen LogP contribution in [0.15, 0.2) is 18.2 Å². The van der Waals surface area contributed by atoms with E-state index in [0.29, 0.717) is 24.3 Å². The molecule has 8 nitrogen and oxygen atoms in total. The Morgan fingerprint density at radius 1 is 1.37 bits per heavy atom. The van der Waals surface area contributed by atoms with Crippen molar-refractivity contribution in [1.29, 1.82) is 0 Å². The molecule has 1 aromatic rings. The number of benzene rings is 1. The monoisotopic (exact) mass is 397 g/mol. The number of hydrogen-bond acceptors (Lipinski definition) is 6. The van der Waals surface area contributed by atoms with Crippen molar-refractivity contribution in [2.75, 3.05) is 35.2 Å². The lowest BCUT2D eigenvalue weighted by Crippen LogP contribution is -2.41. The number of sulfone groups is 1. The first-order chi connectivity index (χ1) is 12.7. The lowest BCUT2D eigenvalue weighted by Gasteiger charge is -2.29. The fourth-order valence-corrected chi connectivity index (χ4v) is 6.01. The Balaban J connectivity index is 1.48. The number of halogens is 1. The highest BCUT2D eigenvalue weighted by Gasteiger charge is 2.49. The first kappa shape index (κ1) is 18.0. The minimum Gasteiger partial charge on any atom is -0.442 e. The maximum atomic E-state index is 14.7. The first-order valence-electron chi connectivity index (χ1n) is 8.75. The molecule has 0 aromatic heterocycles. The van der Waals surface area contributed by atoms with Crippen molar-refractivity contribution >= 4 is 33.2 Å². The van der Waals surface area contributed by atoms with Gasteiger partial charge in [-0.3, -0.25) is 9.69 Å². The minimum absolute atomic E-state index is 0.0577. The van der Waals surface area contributed by atoms with Crippen molar-refractivity contribution in [2.45, 2.75) is 30.7 Å². The van der Waals surface area contributed by atoms with Crippen LogP contribution in [0.2, 0.25) is 0 Å². The fourth-order valence-electron chi connectivity index (χ4n) is 3.98. The predicted octanol–water partition coefficient (Wildman–Crippen LogP) is 0.663. The molecule has 1 aromatic carbocycles. The molecular formula is C17H20FN3O5S. The number of anilines is 2. The highest BCUT2D eigenvalue weighted by Crippen LogP contribution is 2.38. The summed E-state index contributed by atoms with van der Waals surface area (Å²) in [5.74, 6) is -0.667. The number of hydrogen-bond donors (Lipinski definition) is 1. The maximum Gasteiger partial charge on any atom is 0.414 e. The van der Waals surface area contributed by atoms with Crippen LogP contribution in [0.4, 0.5) is 20.6 Å². The molecule has 0 spiro atoms. The van der Waals surface area contributed by atoms with Gasteiger partial charge in [0.05, 0.1) is 35.5 Å². The molecule has 3 heterocycles. The molecule has 1 N–H and O–H groups in total. The second-order valence-electron chi connectivity index (χ2n) is 7.18. The number of nitrogens with one attached hydrogen (secondary N) is 1. The Morgan fingerprint density at radius 2 is 2.15 bits per heavy atom. The number of fused-ring (bicyclic) bond motifs is 2. The Bertz CT molecular complexity index is 906. The maximum absolute atomic E-state index is 14.7. The van der Waals surface area contributed by atoms with E-state index in [-0.39, 0.29) is 30.8 Å². The van der Waals surface area contributed by atoms with Crippen molar-refractivity contribution in [3.63, 3.8) is 0 Å². The summed E-state index contributed by atoms with van der Waals surface area (Å²) in [6, 6.07) is 4.27. The molecule has 3 aliphatic rings. The topological polar surface area (TPSA) is 96.0 Å². The molecule has 3 aliphatic heterocycles. The van der Waals surface area contributed by atoms with Gasteiger partial charge in [-0.25, -0.2) is 17.6 Å². The number of carbonyl (C=O) groups is 2. The van der Waals surface area contributed by atoms with Gasteiger partial charge in [0.1, 0.15) is 11.9 Å². The van der Waals surface area contributed by atoms with Crippen LogP contribution in [0.5, 0.6) is 0 Å². The van der Waals surface area contributed by atoms with Gasteiger partial charge in [0.25, 0.3) is 0 Å². The van der Waals surface area contributed by atoms with Crippen molar-refractivity contribution in [1.82, 2.24) is 5.32 Å². The number of cyclic esters (lactones) is 1. The minimum atomic E-state index is -3.05. The third-order valence-corrected chi connectivity index (χ3v) is 7.52. The third-order valence-electron chi connectivity index (χ3n) is 5.31. The lowest BCUT2D eigenvalue weighted by molar-refractivity contribution is -0.119. The van der Waals surface area contributed by atoms with Gasteiger partial charge >= 0.3 is 6.09 Å². The van der Waals surface area contributed by atoms with E-state index < -0.39 is 33.1 Å². The molecule has 0 radical (unpaired) electrons. The van der Waals surface area contributed by atoms with Crippen LogP contribution in [-0.4, -0.2) is 63.2 Å². The van der Waals surface area contributed by atoms with Gasteiger partial charge in [0.2, 0.25) is 5.91 Å². The zero-order chi connectivity index (χ0) is 19.3. The number of rotatable bonds is 4. The quantitative estimate of drug-likeness (QED) is 0.802. The fraction of sp³-hybridized carbons (Fsp3) is 0.529. The number of ether oxygens (including phenoxy) is 1. The van der Waals surface area contributed by atoms with E-state index in [2.05, 4.69) is 5.32 Å². The number of amides is 2. The lowest BCUT2D eigenvalue weighted by atomic mass is 10.2. The van der Waals surface area contributed by atoms with Crippen LogP contribution < -0.4 is 15.1 Å². The van der Waals surface area contributed by atoms with Crippen molar-refractivity contribution in [2.24, 2.45) is 0 Å². The summed E-state index contributed by atoms with van der Waals surface area (Å²) >= 11 is 0. The molecule has 0 saturated carbocycles. The SMILES string of the molecule is CC(=O)NCC1CN(c2ccc(N3C[C@@H]4C[C@H]3CS4(=O)=O)c(F)c2)C(=O)O1. The first-order valence-corrected chi connectivity index (χ1v) is 10.5. The van der Waals surface area contributed by atoms with Crippen LogP contribution in [-0.2, 0) is 19.4 Å². The summed E-state index contributed by atoms with van der Waals surface area (Å²) in [5, 5.41) is 2.16. The van der Waals surface area contributed by atoms with Gasteiger partial charge < -0.3 is 15.0 Å². The molecule has 10 heteroatoms. The smallest absolute Gasteiger partial charge is 0.414 e. The highest BCUT2D eigenvalue weighted by atomic mass is 32.2. The van der Waals surface area contributed by atoms with E-state index in [4.69, 9.17) is 4.74 Å². The Morgan fingerprint density at radius 3 is 2.74 bits per heavy atom. The van der Waals surface area contributed by atoms with Gasteiger partial charge in [-0.05, 0) is 24.6 Å². The number of nitrogens with zero attached hydrogens (tertiary/aromatic N) is 2. The van der Waals surface area contributed by atoms with Gasteiger partial charge in [-0.15, -0.1) is 0 Å². The zero-order valence-electron chi connectivity index (χ0n) is 14.7. The van der Waals surface area contributed by atoms with Gasteiger partial charge in [0, 0.05) is 19.5 Å². The molecule has 1 unspecified atom stereocenters. The molecular weight excluding hydrogens is 377 g/mol. The molecule has 2 bridgehead atoms. The van der Waals surface area contributed by atoms with E-state index in [1.165, 1.54) is 17.9 Å². The summed E-state index contributed by atoms with van der Waals surface area (Å²) in [6.07, 6.45) is -0.556. The Hall–Kier alpha value is -2.36. The van der Waals surface area contributed by atoms with Gasteiger partial charge in [-0.1, -0.05) is 0 Å². The Labute approximate surface area is 156 Å². The van der Waals surface area contributed by atoms with E-state index in [0.717, 1.165) is 0 Å². The largest absolute Gasteiger partial charge is 0.442 e. The molecule has 4 rings (SSSR count). The molecule has 27 heavy (non-hydrogen) atoms. The third kappa shape index (κ3) is 3.22. The van der Waals surface area contributed by atoms with Crippen LogP contribution >= 0.6 is 0 Å². The summed E-state index contributed by atoms with van der Waals surface area (Å²) in [5.41, 5.74) is 0.715. The predicted molar refractivity (Wildman–Crippen MR) is 96.0 cm³/mol. The van der Waals surface area contributed by atoms with E-state index in [9.17, 15) is 22.4 Å². The molecule has 146 valence electrons. The zero-order valence-corrected chi connectivity index (χ0v) is 15.5. The van der Waals surface area contributed by atoms with Gasteiger partial charge in [0.15, 0.2) is 9.84 Å². The van der Waals surface area contributed by atoms with E-state index >= 15 is 0 Å². The number of carbonyl (C=O) groups excluding carboxylic acids is 2. The second-order valence-corrected chi connectivity index (χ2v) is 9.51. The average Bonchev–Trinajstić information content (AvgIpc) is 3.24. The molecule has 2 amide bonds. The summed E-state index contributed by atoms with van der Waals surface area (Å²) in [4.78, 5) is 26.1. The second kappa shape index (κ2) is 6.36. The Kier molecular flexibility index (Phi) is 4.25. The van der Waals surface area contributed by atoms with Crippen LogP contribution in [0, 0.1) is 5.82 Å². The van der Waals surface area contributed by atoms with Crippen LogP contribution in [0.25, 0.3) is 0 Å². The highest BCUT2D eigenvalue weighted by molar-refractivity contribution is 7.92. The van der Waals surface area contributed by atoms with Crippen LogP contribution in [0.1, 0.15) is 13.3 Å². The average molecular weight is 397 g/mol. The standard InChI is InChI=1S/C17H20FN3O5S/c1-10(22)19-6-13-7-21(17(23)26-13)11-2-3-16(15(18)5-11)20-8-14-4-12(20)9-27(14,24)25/h2-3,5,12-14H,4,6-9H2,1H3,(H,19,22)/t12-,13?,14-/m0/s1. The van der Waals surface area contributed by atoms with Gasteiger partial charge in [-0.2, -0.15) is 0 Å². The van der Waals surface area contributed by atoms with Crippen LogP contribution in [0.3, 0.4) is 0 Å². The molecule has 3 saturated heterocycles.